The van der Waals surface area contributed by atoms with Gasteiger partial charge in [-0.2, -0.15) is 0 Å². The van der Waals surface area contributed by atoms with Crippen molar-refractivity contribution in [3.05, 3.63) is 53.6 Å². The van der Waals surface area contributed by atoms with Crippen LogP contribution in [0, 0.1) is 0 Å². The first-order valence-corrected chi connectivity index (χ1v) is 9.92. The molecule has 4 rings (SSSR count). The topological polar surface area (TPSA) is 73.9 Å². The second kappa shape index (κ2) is 7.83. The number of hydrogen-bond acceptors (Lipinski definition) is 4. The van der Waals surface area contributed by atoms with Crippen molar-refractivity contribution in [3.8, 4) is 5.75 Å². The lowest BCUT2D eigenvalue weighted by Gasteiger charge is -2.43. The van der Waals surface area contributed by atoms with Crippen LogP contribution in [-0.4, -0.2) is 49.2 Å². The SMILES string of the molecule is COc1ccc(Cl)cc1NC(=O)N1CCC2(CC1)C(=O)NCN2c1ccccc1. The van der Waals surface area contributed by atoms with Crippen molar-refractivity contribution in [1.29, 1.82) is 0 Å². The average Bonchev–Trinajstić information content (AvgIpc) is 3.05. The summed E-state index contributed by atoms with van der Waals surface area (Å²) in [6.45, 7) is 1.44. The molecule has 2 saturated heterocycles. The van der Waals surface area contributed by atoms with Crippen LogP contribution >= 0.6 is 11.6 Å². The Labute approximate surface area is 174 Å². The zero-order chi connectivity index (χ0) is 20.4. The zero-order valence-corrected chi connectivity index (χ0v) is 16.9. The summed E-state index contributed by atoms with van der Waals surface area (Å²) in [6.07, 6.45) is 1.13. The average molecular weight is 415 g/mol. The maximum absolute atomic E-state index is 12.8. The van der Waals surface area contributed by atoms with Crippen LogP contribution in [0.1, 0.15) is 12.8 Å². The molecule has 2 aliphatic heterocycles. The second-order valence-electron chi connectivity index (χ2n) is 7.22. The third-order valence-electron chi connectivity index (χ3n) is 5.69. The van der Waals surface area contributed by atoms with Crippen molar-refractivity contribution in [2.75, 3.05) is 37.1 Å². The van der Waals surface area contributed by atoms with E-state index in [1.54, 1.807) is 30.2 Å². The number of amides is 3. The van der Waals surface area contributed by atoms with E-state index in [0.717, 1.165) is 5.69 Å². The molecule has 2 N–H and O–H groups in total. The molecule has 29 heavy (non-hydrogen) atoms. The third-order valence-corrected chi connectivity index (χ3v) is 5.92. The first-order chi connectivity index (χ1) is 14.0. The Kier molecular flexibility index (Phi) is 5.24. The number of nitrogens with one attached hydrogen (secondary N) is 2. The summed E-state index contributed by atoms with van der Waals surface area (Å²) >= 11 is 6.04. The maximum atomic E-state index is 12.8. The van der Waals surface area contributed by atoms with Crippen LogP contribution < -0.4 is 20.3 Å². The highest BCUT2D eigenvalue weighted by molar-refractivity contribution is 6.31. The van der Waals surface area contributed by atoms with Gasteiger partial charge in [-0.05, 0) is 43.2 Å². The number of ether oxygens (including phenoxy) is 1. The van der Waals surface area contributed by atoms with E-state index in [0.29, 0.717) is 49.1 Å². The molecule has 152 valence electrons. The van der Waals surface area contributed by atoms with Crippen LogP contribution in [0.4, 0.5) is 16.2 Å². The number of methoxy groups -OCH3 is 1. The van der Waals surface area contributed by atoms with Gasteiger partial charge in [0.15, 0.2) is 0 Å². The summed E-state index contributed by atoms with van der Waals surface area (Å²) in [4.78, 5) is 29.3. The number of likely N-dealkylation sites (tertiary alicyclic amines) is 1. The Balaban J connectivity index is 1.47. The number of hydrogen-bond donors (Lipinski definition) is 2. The molecule has 2 aromatic rings. The number of rotatable bonds is 3. The van der Waals surface area contributed by atoms with E-state index in [9.17, 15) is 9.59 Å². The van der Waals surface area contributed by atoms with Crippen LogP contribution in [0.5, 0.6) is 5.75 Å². The van der Waals surface area contributed by atoms with Gasteiger partial charge >= 0.3 is 6.03 Å². The smallest absolute Gasteiger partial charge is 0.321 e. The number of para-hydroxylation sites is 1. The Morgan fingerprint density at radius 1 is 1.17 bits per heavy atom. The van der Waals surface area contributed by atoms with E-state index in [2.05, 4.69) is 15.5 Å². The van der Waals surface area contributed by atoms with E-state index in [4.69, 9.17) is 16.3 Å². The largest absolute Gasteiger partial charge is 0.495 e. The molecule has 8 heteroatoms. The summed E-state index contributed by atoms with van der Waals surface area (Å²) in [7, 11) is 1.54. The molecule has 0 aliphatic carbocycles. The van der Waals surface area contributed by atoms with Crippen molar-refractivity contribution in [2.45, 2.75) is 18.4 Å². The molecule has 2 fully saturated rings. The van der Waals surface area contributed by atoms with E-state index < -0.39 is 5.54 Å². The van der Waals surface area contributed by atoms with Crippen molar-refractivity contribution in [2.24, 2.45) is 0 Å². The lowest BCUT2D eigenvalue weighted by Crippen LogP contribution is -2.57. The predicted molar refractivity (Wildman–Crippen MR) is 112 cm³/mol. The number of benzene rings is 2. The number of halogens is 1. The highest BCUT2D eigenvalue weighted by Gasteiger charge is 2.50. The van der Waals surface area contributed by atoms with Gasteiger partial charge in [0.25, 0.3) is 0 Å². The molecule has 2 aromatic carbocycles. The highest BCUT2D eigenvalue weighted by Crippen LogP contribution is 2.36. The zero-order valence-electron chi connectivity index (χ0n) is 16.2. The fraction of sp³-hybridized carbons (Fsp3) is 0.333. The molecular weight excluding hydrogens is 392 g/mol. The quantitative estimate of drug-likeness (QED) is 0.808. The number of anilines is 2. The van der Waals surface area contributed by atoms with E-state index >= 15 is 0 Å². The summed E-state index contributed by atoms with van der Waals surface area (Å²) in [6, 6.07) is 14.7. The lowest BCUT2D eigenvalue weighted by atomic mass is 9.85. The van der Waals surface area contributed by atoms with Crippen molar-refractivity contribution >= 4 is 34.9 Å². The van der Waals surface area contributed by atoms with Gasteiger partial charge in [-0.1, -0.05) is 29.8 Å². The Bertz CT molecular complexity index is 913. The maximum Gasteiger partial charge on any atom is 0.321 e. The van der Waals surface area contributed by atoms with Crippen LogP contribution in [0.3, 0.4) is 0 Å². The van der Waals surface area contributed by atoms with Crippen LogP contribution in [-0.2, 0) is 4.79 Å². The Morgan fingerprint density at radius 2 is 1.90 bits per heavy atom. The van der Waals surface area contributed by atoms with Crippen LogP contribution in [0.25, 0.3) is 0 Å². The summed E-state index contributed by atoms with van der Waals surface area (Å²) < 4.78 is 5.29. The van der Waals surface area contributed by atoms with Gasteiger partial charge in [0, 0.05) is 23.8 Å². The van der Waals surface area contributed by atoms with E-state index in [1.165, 1.54) is 0 Å². The van der Waals surface area contributed by atoms with Gasteiger partial charge < -0.3 is 25.2 Å². The van der Waals surface area contributed by atoms with Crippen LogP contribution in [0.2, 0.25) is 5.02 Å². The molecule has 0 radical (unpaired) electrons. The summed E-state index contributed by atoms with van der Waals surface area (Å²) in [5.74, 6) is 0.569. The van der Waals surface area contributed by atoms with Crippen LogP contribution in [0.15, 0.2) is 48.5 Å². The fourth-order valence-electron chi connectivity index (χ4n) is 4.08. The Hall–Kier alpha value is -2.93. The van der Waals surface area contributed by atoms with E-state index in [-0.39, 0.29) is 11.9 Å². The number of carbonyl (C=O) groups is 2. The number of piperidine rings is 1. The molecule has 0 saturated carbocycles. The fourth-order valence-corrected chi connectivity index (χ4v) is 4.26. The lowest BCUT2D eigenvalue weighted by molar-refractivity contribution is -0.124. The summed E-state index contributed by atoms with van der Waals surface area (Å²) in [5, 5.41) is 6.35. The first kappa shape index (κ1) is 19.4. The molecule has 1 spiro atoms. The molecule has 0 unspecified atom stereocenters. The monoisotopic (exact) mass is 414 g/mol. The molecule has 2 heterocycles. The van der Waals surface area contributed by atoms with Gasteiger partial charge in [-0.15, -0.1) is 0 Å². The predicted octanol–water partition coefficient (Wildman–Crippen LogP) is 3.31. The molecule has 0 aromatic heterocycles. The van der Waals surface area contributed by atoms with Gasteiger partial charge in [-0.3, -0.25) is 4.79 Å². The minimum Gasteiger partial charge on any atom is -0.495 e. The normalized spacial score (nSPS) is 17.9. The summed E-state index contributed by atoms with van der Waals surface area (Å²) in [5.41, 5.74) is 0.911. The highest BCUT2D eigenvalue weighted by atomic mass is 35.5. The molecule has 0 bridgehead atoms. The molecule has 2 aliphatic rings. The Morgan fingerprint density at radius 3 is 2.59 bits per heavy atom. The number of urea groups is 1. The molecule has 3 amide bonds. The minimum absolute atomic E-state index is 0.0259. The molecule has 0 atom stereocenters. The van der Waals surface area contributed by atoms with E-state index in [1.807, 2.05) is 30.3 Å². The number of nitrogens with zero attached hydrogens (tertiary/aromatic N) is 2. The number of carbonyl (C=O) groups excluding carboxylic acids is 2. The standard InChI is InChI=1S/C21H23ClN4O3/c1-29-18-8-7-15(22)13-17(18)24-20(28)25-11-9-21(10-12-25)19(27)23-14-26(21)16-5-3-2-4-6-16/h2-8,13H,9-12,14H2,1H3,(H,23,27)(H,24,28). The minimum atomic E-state index is -0.619. The second-order valence-corrected chi connectivity index (χ2v) is 7.66. The van der Waals surface area contributed by atoms with Gasteiger partial charge in [0.2, 0.25) is 5.91 Å². The van der Waals surface area contributed by atoms with Gasteiger partial charge in [0.05, 0.1) is 19.5 Å². The van der Waals surface area contributed by atoms with Crippen molar-refractivity contribution in [3.63, 3.8) is 0 Å². The van der Waals surface area contributed by atoms with Gasteiger partial charge in [0.1, 0.15) is 11.3 Å². The molecule has 7 nitrogen and oxygen atoms in total. The van der Waals surface area contributed by atoms with Crippen molar-refractivity contribution in [1.82, 2.24) is 10.2 Å². The molecular formula is C21H23ClN4O3. The first-order valence-electron chi connectivity index (χ1n) is 9.54. The van der Waals surface area contributed by atoms with Crippen molar-refractivity contribution < 1.29 is 14.3 Å². The third kappa shape index (κ3) is 3.58. The van der Waals surface area contributed by atoms with Gasteiger partial charge in [-0.25, -0.2) is 4.79 Å².